The average Bonchev–Trinajstić information content (AvgIpc) is 2.59. The second kappa shape index (κ2) is 5.38. The lowest BCUT2D eigenvalue weighted by molar-refractivity contribution is -0.384. The Bertz CT molecular complexity index is 965. The molecule has 5 nitrogen and oxygen atoms in total. The van der Waals surface area contributed by atoms with Gasteiger partial charge in [0.05, 0.1) is 10.5 Å². The van der Waals surface area contributed by atoms with E-state index in [9.17, 15) is 10.1 Å². The summed E-state index contributed by atoms with van der Waals surface area (Å²) in [6.07, 6.45) is 0. The lowest BCUT2D eigenvalue weighted by Gasteiger charge is -2.21. The van der Waals surface area contributed by atoms with E-state index in [1.54, 1.807) is 30.3 Å². The molecule has 0 N–H and O–H groups in total. The maximum absolute atomic E-state index is 11.3. The van der Waals surface area contributed by atoms with Crippen LogP contribution in [0.5, 0.6) is 23.0 Å². The number of benzene rings is 3. The molecule has 0 saturated heterocycles. The lowest BCUT2D eigenvalue weighted by atomic mass is 10.0. The third kappa shape index (κ3) is 2.36. The van der Waals surface area contributed by atoms with Crippen LogP contribution in [0.1, 0.15) is 5.56 Å². The molecular formula is C19H13NO4. The molecule has 1 aliphatic heterocycles. The Hall–Kier alpha value is -3.34. The number of hydrogen-bond acceptors (Lipinski definition) is 4. The molecule has 1 aliphatic rings. The van der Waals surface area contributed by atoms with Gasteiger partial charge in [0.15, 0.2) is 23.0 Å². The van der Waals surface area contributed by atoms with Crippen LogP contribution < -0.4 is 9.47 Å². The summed E-state index contributed by atoms with van der Waals surface area (Å²) >= 11 is 0. The van der Waals surface area contributed by atoms with Gasteiger partial charge in [-0.3, -0.25) is 10.1 Å². The van der Waals surface area contributed by atoms with Gasteiger partial charge in [0, 0.05) is 6.07 Å². The molecule has 3 aromatic rings. The van der Waals surface area contributed by atoms with E-state index in [1.165, 1.54) is 6.07 Å². The number of fused-ring (bicyclic) bond motifs is 2. The van der Waals surface area contributed by atoms with E-state index >= 15 is 0 Å². The highest BCUT2D eigenvalue weighted by Crippen LogP contribution is 2.46. The fourth-order valence-electron chi connectivity index (χ4n) is 2.74. The highest BCUT2D eigenvalue weighted by molar-refractivity contribution is 5.76. The number of nitrogens with zero attached hydrogens (tertiary/aromatic N) is 1. The topological polar surface area (TPSA) is 61.6 Å². The number of aryl methyl sites for hydroxylation is 1. The predicted molar refractivity (Wildman–Crippen MR) is 89.9 cm³/mol. The Morgan fingerprint density at radius 3 is 2.21 bits per heavy atom. The van der Waals surface area contributed by atoms with Crippen molar-refractivity contribution in [2.24, 2.45) is 0 Å². The highest BCUT2D eigenvalue weighted by atomic mass is 16.6. The molecule has 0 unspecified atom stereocenters. The van der Waals surface area contributed by atoms with Crippen LogP contribution in [0.25, 0.3) is 11.1 Å². The van der Waals surface area contributed by atoms with E-state index in [2.05, 4.69) is 0 Å². The molecule has 118 valence electrons. The van der Waals surface area contributed by atoms with E-state index in [-0.39, 0.29) is 10.6 Å². The van der Waals surface area contributed by atoms with Gasteiger partial charge in [-0.2, -0.15) is 0 Å². The van der Waals surface area contributed by atoms with Crippen LogP contribution in [-0.2, 0) is 0 Å². The van der Waals surface area contributed by atoms with Gasteiger partial charge in [-0.15, -0.1) is 0 Å². The van der Waals surface area contributed by atoms with Crippen molar-refractivity contribution in [3.05, 3.63) is 76.3 Å². The van der Waals surface area contributed by atoms with Crippen molar-refractivity contribution in [1.82, 2.24) is 0 Å². The van der Waals surface area contributed by atoms with Crippen LogP contribution in [0.2, 0.25) is 0 Å². The molecule has 0 spiro atoms. The summed E-state index contributed by atoms with van der Waals surface area (Å²) in [4.78, 5) is 10.9. The second-order valence-corrected chi connectivity index (χ2v) is 5.59. The SMILES string of the molecule is Cc1ccc([N+](=O)[O-])c(-c2ccc3c(c2)Oc2ccccc2O3)c1. The molecule has 0 saturated carbocycles. The van der Waals surface area contributed by atoms with Crippen molar-refractivity contribution in [1.29, 1.82) is 0 Å². The summed E-state index contributed by atoms with van der Waals surface area (Å²) in [5.41, 5.74) is 2.30. The Morgan fingerprint density at radius 1 is 0.833 bits per heavy atom. The quantitative estimate of drug-likeness (QED) is 0.363. The zero-order chi connectivity index (χ0) is 16.7. The Kier molecular flexibility index (Phi) is 3.20. The van der Waals surface area contributed by atoms with Crippen LogP contribution >= 0.6 is 0 Å². The van der Waals surface area contributed by atoms with E-state index in [1.807, 2.05) is 31.2 Å². The first-order valence-electron chi connectivity index (χ1n) is 7.46. The average molecular weight is 319 g/mol. The highest BCUT2D eigenvalue weighted by Gasteiger charge is 2.21. The Labute approximate surface area is 138 Å². The van der Waals surface area contributed by atoms with Crippen molar-refractivity contribution in [2.45, 2.75) is 6.92 Å². The fourth-order valence-corrected chi connectivity index (χ4v) is 2.74. The van der Waals surface area contributed by atoms with E-state index in [0.29, 0.717) is 34.1 Å². The fraction of sp³-hybridized carbons (Fsp3) is 0.0526. The molecule has 0 fully saturated rings. The van der Waals surface area contributed by atoms with Gasteiger partial charge in [0.1, 0.15) is 0 Å². The lowest BCUT2D eigenvalue weighted by Crippen LogP contribution is -1.99. The molecule has 0 amide bonds. The largest absolute Gasteiger partial charge is 0.450 e. The molecule has 24 heavy (non-hydrogen) atoms. The maximum atomic E-state index is 11.3. The molecule has 0 radical (unpaired) electrons. The number of nitro benzene ring substituents is 1. The molecule has 4 rings (SSSR count). The molecule has 1 heterocycles. The van der Waals surface area contributed by atoms with Crippen molar-refractivity contribution < 1.29 is 14.4 Å². The number of hydrogen-bond donors (Lipinski definition) is 0. The molecule has 3 aromatic carbocycles. The minimum absolute atomic E-state index is 0.0673. The number of nitro groups is 1. The van der Waals surface area contributed by atoms with Crippen LogP contribution in [0.4, 0.5) is 5.69 Å². The number of ether oxygens (including phenoxy) is 2. The summed E-state index contributed by atoms with van der Waals surface area (Å²) in [6.45, 7) is 1.90. The van der Waals surface area contributed by atoms with E-state index in [0.717, 1.165) is 5.56 Å². The van der Waals surface area contributed by atoms with Crippen molar-refractivity contribution in [2.75, 3.05) is 0 Å². The van der Waals surface area contributed by atoms with Gasteiger partial charge in [0.2, 0.25) is 0 Å². The first kappa shape index (κ1) is 14.3. The van der Waals surface area contributed by atoms with Crippen molar-refractivity contribution in [3.8, 4) is 34.1 Å². The summed E-state index contributed by atoms with van der Waals surface area (Å²) in [7, 11) is 0. The van der Waals surface area contributed by atoms with Gasteiger partial charge < -0.3 is 9.47 Å². The van der Waals surface area contributed by atoms with Gasteiger partial charge in [-0.1, -0.05) is 29.8 Å². The van der Waals surface area contributed by atoms with Gasteiger partial charge in [-0.25, -0.2) is 0 Å². The summed E-state index contributed by atoms with van der Waals surface area (Å²) < 4.78 is 11.7. The van der Waals surface area contributed by atoms with Crippen molar-refractivity contribution >= 4 is 5.69 Å². The van der Waals surface area contributed by atoms with Gasteiger partial charge in [-0.05, 0) is 42.8 Å². The smallest absolute Gasteiger partial charge is 0.277 e. The molecule has 0 atom stereocenters. The summed E-state index contributed by atoms with van der Waals surface area (Å²) in [5, 5.41) is 11.3. The van der Waals surface area contributed by atoms with Crippen LogP contribution in [0.3, 0.4) is 0 Å². The third-order valence-corrected chi connectivity index (χ3v) is 3.89. The maximum Gasteiger partial charge on any atom is 0.277 e. The van der Waals surface area contributed by atoms with Crippen molar-refractivity contribution in [3.63, 3.8) is 0 Å². The monoisotopic (exact) mass is 319 g/mol. The molecule has 5 heteroatoms. The Morgan fingerprint density at radius 2 is 1.50 bits per heavy atom. The molecular weight excluding hydrogens is 306 g/mol. The standard InChI is InChI=1S/C19H13NO4/c1-12-6-8-15(20(21)22)14(10-12)13-7-9-18-19(11-13)24-17-5-3-2-4-16(17)23-18/h2-11H,1H3. The normalized spacial score (nSPS) is 11.7. The predicted octanol–water partition coefficient (Wildman–Crippen LogP) is 5.47. The Balaban J connectivity index is 1.81. The molecule has 0 aromatic heterocycles. The number of rotatable bonds is 2. The minimum Gasteiger partial charge on any atom is -0.450 e. The van der Waals surface area contributed by atoms with E-state index in [4.69, 9.17) is 9.47 Å². The van der Waals surface area contributed by atoms with Crippen LogP contribution in [0.15, 0.2) is 60.7 Å². The van der Waals surface area contributed by atoms with Crippen LogP contribution in [0, 0.1) is 17.0 Å². The van der Waals surface area contributed by atoms with Gasteiger partial charge >= 0.3 is 0 Å². The van der Waals surface area contributed by atoms with E-state index < -0.39 is 0 Å². The second-order valence-electron chi connectivity index (χ2n) is 5.59. The molecule has 0 aliphatic carbocycles. The number of para-hydroxylation sites is 2. The van der Waals surface area contributed by atoms with Crippen LogP contribution in [-0.4, -0.2) is 4.92 Å². The zero-order valence-electron chi connectivity index (χ0n) is 12.9. The van der Waals surface area contributed by atoms with Gasteiger partial charge in [0.25, 0.3) is 5.69 Å². The first-order chi connectivity index (χ1) is 11.6. The zero-order valence-corrected chi connectivity index (χ0v) is 12.9. The minimum atomic E-state index is -0.374. The first-order valence-corrected chi connectivity index (χ1v) is 7.46. The summed E-state index contributed by atoms with van der Waals surface area (Å²) in [6, 6.07) is 17.8. The molecule has 0 bridgehead atoms. The third-order valence-electron chi connectivity index (χ3n) is 3.89. The summed E-state index contributed by atoms with van der Waals surface area (Å²) in [5.74, 6) is 2.41.